The van der Waals surface area contributed by atoms with Crippen LogP contribution in [0.5, 0.6) is 0 Å². The first-order chi connectivity index (χ1) is 8.88. The molecule has 19 heavy (non-hydrogen) atoms. The molecule has 106 valence electrons. The summed E-state index contributed by atoms with van der Waals surface area (Å²) in [6, 6.07) is 0. The first kappa shape index (κ1) is 14.3. The number of hydrogen-bond acceptors (Lipinski definition) is 4. The van der Waals surface area contributed by atoms with Crippen LogP contribution in [-0.4, -0.2) is 46.6 Å². The molecule has 4 nitrogen and oxygen atoms in total. The van der Waals surface area contributed by atoms with Crippen molar-refractivity contribution in [3.8, 4) is 0 Å². The highest BCUT2D eigenvalue weighted by Gasteiger charge is 2.26. The monoisotopic (exact) mass is 262 g/mol. The lowest BCUT2D eigenvalue weighted by Gasteiger charge is -2.42. The molecule has 0 amide bonds. The quantitative estimate of drug-likeness (QED) is 0.820. The third-order valence-electron chi connectivity index (χ3n) is 3.84. The highest BCUT2D eigenvalue weighted by atomic mass is 15.3. The lowest BCUT2D eigenvalue weighted by Crippen LogP contribution is -2.53. The van der Waals surface area contributed by atoms with Gasteiger partial charge in [-0.25, -0.2) is 9.97 Å². The van der Waals surface area contributed by atoms with Crippen LogP contribution in [0.1, 0.15) is 46.1 Å². The molecule has 1 aromatic heterocycles. The highest BCUT2D eigenvalue weighted by Crippen LogP contribution is 2.19. The molecule has 0 spiro atoms. The van der Waals surface area contributed by atoms with E-state index in [1.54, 1.807) is 0 Å². The molecule has 0 unspecified atom stereocenters. The maximum Gasteiger partial charge on any atom is 0.225 e. The molecule has 1 aromatic rings. The summed E-state index contributed by atoms with van der Waals surface area (Å²) in [5.74, 6) is 1.37. The van der Waals surface area contributed by atoms with E-state index < -0.39 is 0 Å². The molecule has 0 N–H and O–H groups in total. The largest absolute Gasteiger partial charge is 0.338 e. The maximum absolute atomic E-state index is 4.51. The molecule has 1 saturated heterocycles. The Hall–Kier alpha value is -1.16. The van der Waals surface area contributed by atoms with E-state index in [4.69, 9.17) is 0 Å². The fourth-order valence-electron chi connectivity index (χ4n) is 2.37. The Labute approximate surface area is 116 Å². The Balaban J connectivity index is 1.98. The standard InChI is InChI=1S/C15H26N4/c1-12(2)13-10-16-14(17-11-13)18-6-8-19(9-7-18)15(3,4)5/h10-12H,6-9H2,1-5H3. The molecule has 4 heteroatoms. The summed E-state index contributed by atoms with van der Waals surface area (Å²) in [5, 5.41) is 0. The number of anilines is 1. The van der Waals surface area contributed by atoms with Crippen molar-refractivity contribution in [1.82, 2.24) is 14.9 Å². The number of piperazine rings is 1. The number of aromatic nitrogens is 2. The minimum absolute atomic E-state index is 0.258. The van der Waals surface area contributed by atoms with E-state index in [0.717, 1.165) is 32.1 Å². The van der Waals surface area contributed by atoms with Gasteiger partial charge in [0.1, 0.15) is 0 Å². The Morgan fingerprint density at radius 1 is 1.00 bits per heavy atom. The number of hydrogen-bond donors (Lipinski definition) is 0. The van der Waals surface area contributed by atoms with Crippen molar-refractivity contribution in [2.24, 2.45) is 0 Å². The minimum Gasteiger partial charge on any atom is -0.338 e. The maximum atomic E-state index is 4.51. The number of rotatable bonds is 2. The van der Waals surface area contributed by atoms with Crippen LogP contribution in [-0.2, 0) is 0 Å². The zero-order chi connectivity index (χ0) is 14.0. The summed E-state index contributed by atoms with van der Waals surface area (Å²) in [5.41, 5.74) is 1.46. The van der Waals surface area contributed by atoms with E-state index in [0.29, 0.717) is 5.92 Å². The van der Waals surface area contributed by atoms with Crippen LogP contribution < -0.4 is 4.90 Å². The molecule has 0 radical (unpaired) electrons. The third-order valence-corrected chi connectivity index (χ3v) is 3.84. The topological polar surface area (TPSA) is 32.3 Å². The fraction of sp³-hybridized carbons (Fsp3) is 0.733. The van der Waals surface area contributed by atoms with Crippen LogP contribution in [0.4, 0.5) is 5.95 Å². The molecular formula is C15H26N4. The van der Waals surface area contributed by atoms with Gasteiger partial charge in [-0.2, -0.15) is 0 Å². The second-order valence-corrected chi connectivity index (χ2v) is 6.62. The van der Waals surface area contributed by atoms with Crippen LogP contribution >= 0.6 is 0 Å². The van der Waals surface area contributed by atoms with Gasteiger partial charge in [0.2, 0.25) is 5.95 Å². The van der Waals surface area contributed by atoms with Crippen LogP contribution in [0.25, 0.3) is 0 Å². The zero-order valence-electron chi connectivity index (χ0n) is 12.8. The van der Waals surface area contributed by atoms with Gasteiger partial charge < -0.3 is 4.90 Å². The van der Waals surface area contributed by atoms with Crippen molar-refractivity contribution < 1.29 is 0 Å². The van der Waals surface area contributed by atoms with Gasteiger partial charge in [-0.05, 0) is 32.3 Å². The number of nitrogens with zero attached hydrogens (tertiary/aromatic N) is 4. The third kappa shape index (κ3) is 3.44. The van der Waals surface area contributed by atoms with Crippen molar-refractivity contribution >= 4 is 5.95 Å². The lowest BCUT2D eigenvalue weighted by molar-refractivity contribution is 0.128. The summed E-state index contributed by atoms with van der Waals surface area (Å²) < 4.78 is 0. The molecule has 0 saturated carbocycles. The van der Waals surface area contributed by atoms with Gasteiger partial charge in [0.05, 0.1) is 0 Å². The minimum atomic E-state index is 0.258. The zero-order valence-corrected chi connectivity index (χ0v) is 12.8. The van der Waals surface area contributed by atoms with Crippen LogP contribution in [0.3, 0.4) is 0 Å². The summed E-state index contributed by atoms with van der Waals surface area (Å²) in [6.07, 6.45) is 3.92. The summed E-state index contributed by atoms with van der Waals surface area (Å²) in [6.45, 7) is 15.3. The van der Waals surface area contributed by atoms with E-state index in [2.05, 4.69) is 54.4 Å². The van der Waals surface area contributed by atoms with E-state index in [9.17, 15) is 0 Å². The predicted molar refractivity (Wildman–Crippen MR) is 79.7 cm³/mol. The SMILES string of the molecule is CC(C)c1cnc(N2CCN(C(C)(C)C)CC2)nc1. The normalized spacial score (nSPS) is 18.1. The summed E-state index contributed by atoms with van der Waals surface area (Å²) >= 11 is 0. The van der Waals surface area contributed by atoms with Crippen molar-refractivity contribution in [1.29, 1.82) is 0 Å². The van der Waals surface area contributed by atoms with Gasteiger partial charge in [-0.15, -0.1) is 0 Å². The van der Waals surface area contributed by atoms with Gasteiger partial charge in [0, 0.05) is 44.1 Å². The molecule has 0 atom stereocenters. The smallest absolute Gasteiger partial charge is 0.225 e. The fourth-order valence-corrected chi connectivity index (χ4v) is 2.37. The van der Waals surface area contributed by atoms with E-state index in [1.165, 1.54) is 5.56 Å². The van der Waals surface area contributed by atoms with E-state index >= 15 is 0 Å². The molecule has 2 heterocycles. The summed E-state index contributed by atoms with van der Waals surface area (Å²) in [7, 11) is 0. The van der Waals surface area contributed by atoms with Crippen molar-refractivity contribution in [3.63, 3.8) is 0 Å². The molecule has 0 aliphatic carbocycles. The average Bonchev–Trinajstić information content (AvgIpc) is 2.38. The first-order valence-corrected chi connectivity index (χ1v) is 7.20. The van der Waals surface area contributed by atoms with Gasteiger partial charge >= 0.3 is 0 Å². The summed E-state index contributed by atoms with van der Waals surface area (Å²) in [4.78, 5) is 13.8. The van der Waals surface area contributed by atoms with Crippen LogP contribution in [0.15, 0.2) is 12.4 Å². The van der Waals surface area contributed by atoms with Crippen molar-refractivity contribution in [2.75, 3.05) is 31.1 Å². The Bertz CT molecular complexity index is 397. The molecule has 2 rings (SSSR count). The first-order valence-electron chi connectivity index (χ1n) is 7.20. The van der Waals surface area contributed by atoms with Crippen LogP contribution in [0, 0.1) is 0 Å². The Morgan fingerprint density at radius 2 is 1.53 bits per heavy atom. The molecule has 1 fully saturated rings. The van der Waals surface area contributed by atoms with Crippen molar-refractivity contribution in [2.45, 2.75) is 46.1 Å². The molecule has 0 aromatic carbocycles. The molecule has 1 aliphatic rings. The molecular weight excluding hydrogens is 236 g/mol. The van der Waals surface area contributed by atoms with Crippen LogP contribution in [0.2, 0.25) is 0 Å². The second kappa shape index (κ2) is 5.45. The van der Waals surface area contributed by atoms with Gasteiger partial charge in [-0.3, -0.25) is 4.90 Å². The molecule has 1 aliphatic heterocycles. The van der Waals surface area contributed by atoms with Gasteiger partial charge in [0.15, 0.2) is 0 Å². The average molecular weight is 262 g/mol. The predicted octanol–water partition coefficient (Wildman–Crippen LogP) is 2.52. The Morgan fingerprint density at radius 3 is 1.95 bits per heavy atom. The highest BCUT2D eigenvalue weighted by molar-refractivity contribution is 5.31. The van der Waals surface area contributed by atoms with Gasteiger partial charge in [0.25, 0.3) is 0 Å². The Kier molecular flexibility index (Phi) is 4.09. The molecule has 0 bridgehead atoms. The van der Waals surface area contributed by atoms with Crippen molar-refractivity contribution in [3.05, 3.63) is 18.0 Å². The van der Waals surface area contributed by atoms with Gasteiger partial charge in [-0.1, -0.05) is 13.8 Å². The second-order valence-electron chi connectivity index (χ2n) is 6.62. The van der Waals surface area contributed by atoms with E-state index in [1.807, 2.05) is 12.4 Å². The van der Waals surface area contributed by atoms with E-state index in [-0.39, 0.29) is 5.54 Å². The lowest BCUT2D eigenvalue weighted by atomic mass is 10.1.